The number of hydrogen-bond donors (Lipinski definition) is 1. The number of rotatable bonds is 7. The van der Waals surface area contributed by atoms with Gasteiger partial charge in [0.05, 0.1) is 11.0 Å². The van der Waals surface area contributed by atoms with Gasteiger partial charge in [-0.25, -0.2) is 4.98 Å². The first-order chi connectivity index (χ1) is 13.7. The van der Waals surface area contributed by atoms with Gasteiger partial charge in [-0.15, -0.1) is 0 Å². The normalized spacial score (nSPS) is 16.1. The van der Waals surface area contributed by atoms with Crippen LogP contribution in [0.1, 0.15) is 37.2 Å². The van der Waals surface area contributed by atoms with Crippen LogP contribution in [0.3, 0.4) is 0 Å². The molecule has 4 nitrogen and oxygen atoms in total. The number of likely N-dealkylation sites (N-methyl/N-ethyl adjacent to an activating group) is 1. The fourth-order valence-corrected chi connectivity index (χ4v) is 4.61. The first-order valence-electron chi connectivity index (χ1n) is 10.4. The number of piperidine rings is 1. The fraction of sp³-hybridized carbons (Fsp3) is 0.435. The molecular weight excluding hydrogens is 412 g/mol. The van der Waals surface area contributed by atoms with Gasteiger partial charge < -0.3 is 9.88 Å². The summed E-state index contributed by atoms with van der Waals surface area (Å²) in [5.74, 6) is 1.22. The highest BCUT2D eigenvalue weighted by Gasteiger charge is 2.24. The molecule has 148 valence electrons. The Morgan fingerprint density at radius 1 is 1.11 bits per heavy atom. The minimum absolute atomic E-state index is 0.537. The second-order valence-corrected chi connectivity index (χ2v) is 8.54. The number of nitrogens with one attached hydrogen (secondary N) is 1. The van der Waals surface area contributed by atoms with Gasteiger partial charge in [-0.2, -0.15) is 0 Å². The maximum atomic E-state index is 4.99. The Morgan fingerprint density at radius 2 is 1.89 bits per heavy atom. The largest absolute Gasteiger partial charge is 0.325 e. The molecule has 2 heterocycles. The van der Waals surface area contributed by atoms with Crippen LogP contribution in [-0.2, 0) is 13.0 Å². The van der Waals surface area contributed by atoms with Crippen molar-refractivity contribution in [3.8, 4) is 0 Å². The highest BCUT2D eigenvalue weighted by Crippen LogP contribution is 2.30. The third-order valence-electron chi connectivity index (χ3n) is 5.67. The van der Waals surface area contributed by atoms with Crippen molar-refractivity contribution < 1.29 is 0 Å². The van der Waals surface area contributed by atoms with Gasteiger partial charge in [0.1, 0.15) is 5.82 Å². The van der Waals surface area contributed by atoms with Gasteiger partial charge in [-0.05, 0) is 43.1 Å². The summed E-state index contributed by atoms with van der Waals surface area (Å²) in [5.41, 5.74) is 3.79. The van der Waals surface area contributed by atoms with Crippen molar-refractivity contribution in [3.63, 3.8) is 0 Å². The average Bonchev–Trinajstić information content (AvgIpc) is 3.07. The summed E-state index contributed by atoms with van der Waals surface area (Å²) in [6, 6.07) is 17.9. The molecule has 1 aromatic heterocycles. The highest BCUT2D eigenvalue weighted by molar-refractivity contribution is 9.10. The molecular formula is C23H29BrN4. The van der Waals surface area contributed by atoms with Crippen molar-refractivity contribution in [2.75, 3.05) is 26.2 Å². The molecule has 0 amide bonds. The van der Waals surface area contributed by atoms with Crippen molar-refractivity contribution in [2.24, 2.45) is 0 Å². The number of hydrogen-bond acceptors (Lipinski definition) is 3. The standard InChI is InChI=1S/C23H29BrN4/c1-2-25-13-10-23-26-21-16-19(24)8-9-22(21)28(23)20-11-14-27(15-12-20)17-18-6-4-3-5-7-18/h3-9,16,20,25H,2,10-15,17H2,1H3. The fourth-order valence-electron chi connectivity index (χ4n) is 4.26. The van der Waals surface area contributed by atoms with Crippen molar-refractivity contribution in [3.05, 3.63) is 64.4 Å². The topological polar surface area (TPSA) is 33.1 Å². The maximum absolute atomic E-state index is 4.99. The van der Waals surface area contributed by atoms with E-state index in [-0.39, 0.29) is 0 Å². The predicted molar refractivity (Wildman–Crippen MR) is 120 cm³/mol. The Hall–Kier alpha value is -1.69. The summed E-state index contributed by atoms with van der Waals surface area (Å²) in [7, 11) is 0. The lowest BCUT2D eigenvalue weighted by Crippen LogP contribution is -2.34. The molecule has 0 spiro atoms. The maximum Gasteiger partial charge on any atom is 0.111 e. The van der Waals surface area contributed by atoms with E-state index in [4.69, 9.17) is 4.98 Å². The van der Waals surface area contributed by atoms with Gasteiger partial charge in [0.2, 0.25) is 0 Å². The minimum Gasteiger partial charge on any atom is -0.325 e. The number of aromatic nitrogens is 2. The van der Waals surface area contributed by atoms with Crippen molar-refractivity contribution in [2.45, 2.75) is 38.8 Å². The molecule has 0 atom stereocenters. The average molecular weight is 441 g/mol. The number of fused-ring (bicyclic) bond motifs is 1. The van der Waals surface area contributed by atoms with E-state index in [1.54, 1.807) is 0 Å². The second kappa shape index (κ2) is 9.21. The third-order valence-corrected chi connectivity index (χ3v) is 6.16. The smallest absolute Gasteiger partial charge is 0.111 e. The lowest BCUT2D eigenvalue weighted by molar-refractivity contribution is 0.180. The zero-order chi connectivity index (χ0) is 19.3. The predicted octanol–water partition coefficient (Wildman–Crippen LogP) is 4.79. The summed E-state index contributed by atoms with van der Waals surface area (Å²) in [6.07, 6.45) is 3.34. The van der Waals surface area contributed by atoms with Gasteiger partial charge in [-0.3, -0.25) is 4.90 Å². The van der Waals surface area contributed by atoms with Crippen molar-refractivity contribution >= 4 is 27.0 Å². The quantitative estimate of drug-likeness (QED) is 0.536. The summed E-state index contributed by atoms with van der Waals surface area (Å²) >= 11 is 3.60. The van der Waals surface area contributed by atoms with Crippen LogP contribution in [0, 0.1) is 0 Å². The van der Waals surface area contributed by atoms with E-state index < -0.39 is 0 Å². The zero-order valence-electron chi connectivity index (χ0n) is 16.6. The van der Waals surface area contributed by atoms with Crippen LogP contribution >= 0.6 is 15.9 Å². The van der Waals surface area contributed by atoms with Crippen LogP contribution in [0.4, 0.5) is 0 Å². The third kappa shape index (κ3) is 4.48. The van der Waals surface area contributed by atoms with Crippen LogP contribution in [0.2, 0.25) is 0 Å². The van der Waals surface area contributed by atoms with E-state index in [9.17, 15) is 0 Å². The number of likely N-dealkylation sites (tertiary alicyclic amines) is 1. The summed E-state index contributed by atoms with van der Waals surface area (Å²) < 4.78 is 3.62. The molecule has 0 radical (unpaired) electrons. The number of benzene rings is 2. The molecule has 4 rings (SSSR count). The molecule has 1 aliphatic heterocycles. The number of nitrogens with zero attached hydrogens (tertiary/aromatic N) is 3. The van der Waals surface area contributed by atoms with Crippen LogP contribution in [0.25, 0.3) is 11.0 Å². The van der Waals surface area contributed by atoms with E-state index in [2.05, 4.69) is 86.2 Å². The van der Waals surface area contributed by atoms with Gasteiger partial charge >= 0.3 is 0 Å². The molecule has 3 aromatic rings. The number of imidazole rings is 1. The van der Waals surface area contributed by atoms with E-state index >= 15 is 0 Å². The van der Waals surface area contributed by atoms with E-state index in [1.165, 1.54) is 29.7 Å². The Bertz CT molecular complexity index is 898. The molecule has 1 saturated heterocycles. The molecule has 1 aliphatic rings. The molecule has 1 N–H and O–H groups in total. The first-order valence-corrected chi connectivity index (χ1v) is 11.2. The van der Waals surface area contributed by atoms with Gasteiger partial charge in [0.25, 0.3) is 0 Å². The van der Waals surface area contributed by atoms with E-state index in [0.29, 0.717) is 6.04 Å². The molecule has 0 unspecified atom stereocenters. The Labute approximate surface area is 176 Å². The van der Waals surface area contributed by atoms with Crippen LogP contribution in [0.5, 0.6) is 0 Å². The second-order valence-electron chi connectivity index (χ2n) is 7.63. The summed E-state index contributed by atoms with van der Waals surface area (Å²) in [4.78, 5) is 7.57. The molecule has 2 aromatic carbocycles. The first kappa shape index (κ1) is 19.6. The van der Waals surface area contributed by atoms with Crippen LogP contribution in [-0.4, -0.2) is 40.6 Å². The molecule has 28 heavy (non-hydrogen) atoms. The Morgan fingerprint density at radius 3 is 2.64 bits per heavy atom. The zero-order valence-corrected chi connectivity index (χ0v) is 18.2. The van der Waals surface area contributed by atoms with Crippen LogP contribution < -0.4 is 5.32 Å². The molecule has 0 saturated carbocycles. The molecule has 0 aliphatic carbocycles. The summed E-state index contributed by atoms with van der Waals surface area (Å²) in [6.45, 7) is 7.48. The Kier molecular flexibility index (Phi) is 6.45. The molecule has 5 heteroatoms. The van der Waals surface area contributed by atoms with E-state index in [1.807, 2.05) is 0 Å². The SMILES string of the molecule is CCNCCc1nc2cc(Br)ccc2n1C1CCN(Cc2ccccc2)CC1. The van der Waals surface area contributed by atoms with Crippen molar-refractivity contribution in [1.29, 1.82) is 0 Å². The monoisotopic (exact) mass is 440 g/mol. The highest BCUT2D eigenvalue weighted by atomic mass is 79.9. The minimum atomic E-state index is 0.537. The lowest BCUT2D eigenvalue weighted by Gasteiger charge is -2.33. The van der Waals surface area contributed by atoms with Crippen LogP contribution in [0.15, 0.2) is 53.0 Å². The van der Waals surface area contributed by atoms with Gasteiger partial charge in [-0.1, -0.05) is 53.2 Å². The number of halogens is 1. The van der Waals surface area contributed by atoms with Gasteiger partial charge in [0, 0.05) is 43.1 Å². The van der Waals surface area contributed by atoms with Crippen molar-refractivity contribution in [1.82, 2.24) is 19.8 Å². The summed E-state index contributed by atoms with van der Waals surface area (Å²) in [5, 5.41) is 3.45. The Balaban J connectivity index is 1.51. The molecule has 1 fully saturated rings. The van der Waals surface area contributed by atoms with E-state index in [0.717, 1.165) is 49.1 Å². The lowest BCUT2D eigenvalue weighted by atomic mass is 10.0. The van der Waals surface area contributed by atoms with Gasteiger partial charge in [0.15, 0.2) is 0 Å². The molecule has 0 bridgehead atoms.